The van der Waals surface area contributed by atoms with Crippen molar-refractivity contribution in [1.82, 2.24) is 0 Å². The van der Waals surface area contributed by atoms with Crippen LogP contribution in [0.3, 0.4) is 0 Å². The molecule has 4 aliphatic carbocycles. The quantitative estimate of drug-likeness (QED) is 0.114. The van der Waals surface area contributed by atoms with Gasteiger partial charge in [0.15, 0.2) is 11.6 Å². The van der Waals surface area contributed by atoms with Crippen molar-refractivity contribution in [3.8, 4) is 0 Å². The summed E-state index contributed by atoms with van der Waals surface area (Å²) in [4.78, 5) is 10.6. The van der Waals surface area contributed by atoms with Crippen LogP contribution in [-0.4, -0.2) is 51.0 Å². The van der Waals surface area contributed by atoms with Crippen LogP contribution in [0.25, 0.3) is 0 Å². The van der Waals surface area contributed by atoms with Gasteiger partial charge < -0.3 is 30.7 Å². The minimum Gasteiger partial charge on any atom is -0.347 e. The summed E-state index contributed by atoms with van der Waals surface area (Å²) >= 11 is 4.24. The van der Waals surface area contributed by atoms with Crippen molar-refractivity contribution in [2.24, 2.45) is 35.5 Å². The molecule has 3 aromatic rings. The molecule has 6 fully saturated rings. The molecule has 50 heavy (non-hydrogen) atoms. The first kappa shape index (κ1) is 39.6. The summed E-state index contributed by atoms with van der Waals surface area (Å²) in [5, 5.41) is 1.48. The van der Waals surface area contributed by atoms with E-state index in [1.165, 1.54) is 28.8 Å². The molecular weight excluding hydrogens is 702 g/mol. The fourth-order valence-corrected chi connectivity index (χ4v) is 14.4. The van der Waals surface area contributed by atoms with Crippen LogP contribution in [0.15, 0.2) is 104 Å². The smallest absolute Gasteiger partial charge is 0.347 e. The first-order valence-electron chi connectivity index (χ1n) is 18.1. The third kappa shape index (κ3) is 7.44. The molecular formula is C42H53BrLiO5P. The number of benzene rings is 3. The molecule has 0 radical (unpaired) electrons. The minimum absolute atomic E-state index is 0. The molecule has 0 bridgehead atoms. The third-order valence-electron chi connectivity index (χ3n) is 11.6. The van der Waals surface area contributed by atoms with E-state index in [0.717, 1.165) is 51.1 Å². The second kappa shape index (κ2) is 16.6. The van der Waals surface area contributed by atoms with E-state index in [2.05, 4.69) is 140 Å². The Bertz CT molecular complexity index is 1360. The number of carbonyl (C=O) groups excluding carboxylic acids is 1. The fourth-order valence-electron chi connectivity index (χ4n) is 8.77. The van der Waals surface area contributed by atoms with Gasteiger partial charge in [-0.2, -0.15) is 6.42 Å². The van der Waals surface area contributed by atoms with Crippen LogP contribution in [-0.2, 0) is 23.7 Å². The summed E-state index contributed by atoms with van der Waals surface area (Å²) in [5.41, 5.74) is 0. The molecule has 0 N–H and O–H groups in total. The summed E-state index contributed by atoms with van der Waals surface area (Å²) in [7, 11) is 0. The van der Waals surface area contributed by atoms with Gasteiger partial charge in [0, 0.05) is 30.6 Å². The predicted molar refractivity (Wildman–Crippen MR) is 205 cm³/mol. The van der Waals surface area contributed by atoms with Crippen molar-refractivity contribution in [2.75, 3.05) is 33.1 Å². The normalized spacial score (nSPS) is 29.2. The van der Waals surface area contributed by atoms with Gasteiger partial charge in [-0.25, -0.2) is 0 Å². The van der Waals surface area contributed by atoms with Crippen molar-refractivity contribution in [2.45, 2.75) is 57.0 Å². The van der Waals surface area contributed by atoms with Crippen LogP contribution in [0.1, 0.15) is 45.4 Å². The molecule has 2 aliphatic heterocycles. The zero-order valence-electron chi connectivity index (χ0n) is 30.1. The van der Waals surface area contributed by atoms with Gasteiger partial charge in [-0.15, -0.1) is 6.58 Å². The Morgan fingerprint density at radius 3 is 1.36 bits per heavy atom. The summed E-state index contributed by atoms with van der Waals surface area (Å²) < 4.78 is 22.6. The molecule has 0 amide bonds. The molecule has 2 heterocycles. The van der Waals surface area contributed by atoms with Gasteiger partial charge in [0.05, 0.1) is 26.4 Å². The number of hydrogen-bond acceptors (Lipinski definition) is 5. The predicted octanol–water partition coefficient (Wildman–Crippen LogP) is 5.24. The van der Waals surface area contributed by atoms with E-state index in [1.807, 2.05) is 0 Å². The van der Waals surface area contributed by atoms with Crippen LogP contribution in [0.5, 0.6) is 0 Å². The molecule has 3 aromatic carbocycles. The van der Waals surface area contributed by atoms with Crippen LogP contribution in [0.4, 0.5) is 0 Å². The standard InChI is InChI=1S/C19H18BrP.C10H14O2.C9H12O3.C4H9.Li/c1-21(20,17-11-5-2-6-12-17,18-13-7-3-8-14-18)19-15-9-4-10-16-19;1-2-7-8-3-4-10(9(7)8)11-5-6-12-10;10-5-7-6-1-2-9(8(6)7)11-3-4-12-9;1-3-4-2;/h2-16H,1H3;2,7-9H,1,3-6H2;5-8H,1-4H2;1,3-4H2,2H3;/q;;;-1;+1/t;7-,8+,9-;6-,7+,8-;;/m.01../s1. The van der Waals surface area contributed by atoms with Gasteiger partial charge in [-0.05, 0) is 30.6 Å². The average molecular weight is 756 g/mol. The van der Waals surface area contributed by atoms with Crippen LogP contribution in [0.2, 0.25) is 0 Å². The van der Waals surface area contributed by atoms with Crippen molar-refractivity contribution in [3.63, 3.8) is 0 Å². The first-order valence-corrected chi connectivity index (χ1v) is 22.8. The average Bonchev–Trinajstić information content (AvgIpc) is 3.66. The Balaban J connectivity index is 0.000000144. The van der Waals surface area contributed by atoms with Gasteiger partial charge in [0.25, 0.3) is 0 Å². The molecule has 8 heteroatoms. The van der Waals surface area contributed by atoms with E-state index in [0.29, 0.717) is 36.9 Å². The maximum Gasteiger partial charge on any atom is 1.00 e. The molecule has 0 unspecified atom stereocenters. The van der Waals surface area contributed by atoms with Crippen molar-refractivity contribution >= 4 is 43.0 Å². The van der Waals surface area contributed by atoms with Gasteiger partial charge >= 0.3 is 153 Å². The van der Waals surface area contributed by atoms with Gasteiger partial charge in [0.1, 0.15) is 6.29 Å². The van der Waals surface area contributed by atoms with Crippen LogP contribution >= 0.6 is 20.8 Å². The number of fused-ring (bicyclic) bond motifs is 4. The largest absolute Gasteiger partial charge is 1.00 e. The Labute approximate surface area is 320 Å². The van der Waals surface area contributed by atoms with Crippen LogP contribution in [0, 0.1) is 42.4 Å². The Morgan fingerprint density at radius 1 is 0.740 bits per heavy atom. The van der Waals surface area contributed by atoms with Crippen molar-refractivity contribution in [3.05, 3.63) is 111 Å². The van der Waals surface area contributed by atoms with E-state index in [1.54, 1.807) is 0 Å². The van der Waals surface area contributed by atoms with Crippen molar-refractivity contribution in [1.29, 1.82) is 0 Å². The molecule has 4 saturated carbocycles. The summed E-state index contributed by atoms with van der Waals surface area (Å²) in [6.45, 7) is 14.9. The maximum atomic E-state index is 10.6. The Morgan fingerprint density at radius 2 is 1.08 bits per heavy atom. The summed E-state index contributed by atoms with van der Waals surface area (Å²) in [6, 6.07) is 32.3. The third-order valence-corrected chi connectivity index (χ3v) is 19.8. The number of rotatable bonds is 6. The van der Waals surface area contributed by atoms with E-state index >= 15 is 0 Å². The molecule has 6 atom stereocenters. The monoisotopic (exact) mass is 754 g/mol. The molecule has 2 spiro atoms. The second-order valence-electron chi connectivity index (χ2n) is 14.3. The number of allylic oxidation sites excluding steroid dienone is 1. The second-order valence-corrected chi connectivity index (χ2v) is 24.0. The van der Waals surface area contributed by atoms with E-state index < -0.39 is 5.31 Å². The van der Waals surface area contributed by atoms with E-state index in [-0.39, 0.29) is 36.4 Å². The van der Waals surface area contributed by atoms with Gasteiger partial charge in [-0.1, -0.05) is 19.4 Å². The maximum absolute atomic E-state index is 10.6. The molecule has 6 aliphatic rings. The number of aldehydes is 1. The SMILES string of the molecule is C=C[C@H]1[C@H]2CCC3(OCCO3)[C@@H]12.CP(Br)(c1ccccc1)(c1ccccc1)c1ccccc1.O=C[C@H]1[C@H]2CCC3(OCCO3)[C@@H]12.[CH2-]CCC.[Li+]. The molecule has 264 valence electrons. The van der Waals surface area contributed by atoms with Crippen LogP contribution < -0.4 is 34.8 Å². The zero-order chi connectivity index (χ0) is 34.6. The molecule has 5 nitrogen and oxygen atoms in total. The molecule has 0 aromatic heterocycles. The molecule has 9 rings (SSSR count). The number of ether oxygens (including phenoxy) is 4. The Kier molecular flexibility index (Phi) is 13.2. The van der Waals surface area contributed by atoms with E-state index in [4.69, 9.17) is 18.9 Å². The first-order chi connectivity index (χ1) is 23.8. The fraction of sp³-hybridized carbons (Fsp3) is 0.476. The Hall–Kier alpha value is -1.58. The molecule has 2 saturated heterocycles. The number of halogens is 1. The zero-order valence-corrected chi connectivity index (χ0v) is 32.6. The van der Waals surface area contributed by atoms with E-state index in [9.17, 15) is 4.79 Å². The van der Waals surface area contributed by atoms with Gasteiger partial charge in [-0.3, -0.25) is 0 Å². The van der Waals surface area contributed by atoms with Crippen molar-refractivity contribution < 1.29 is 42.6 Å². The minimum atomic E-state index is -2.56. The summed E-state index contributed by atoms with van der Waals surface area (Å²) in [5.74, 6) is 2.81. The number of hydrogen-bond donors (Lipinski definition) is 0. The van der Waals surface area contributed by atoms with Gasteiger partial charge in [0.2, 0.25) is 0 Å². The topological polar surface area (TPSA) is 54.0 Å². The number of carbonyl (C=O) groups is 1. The summed E-state index contributed by atoms with van der Waals surface area (Å²) in [6.07, 6.45) is 9.89. The number of unbranched alkanes of at least 4 members (excludes halogenated alkanes) is 1.